The van der Waals surface area contributed by atoms with Gasteiger partial charge in [-0.2, -0.15) is 0 Å². The molecule has 0 aliphatic carbocycles. The largest absolute Gasteiger partial charge is 0.450 e. The molecule has 0 saturated carbocycles. The van der Waals surface area contributed by atoms with E-state index in [2.05, 4.69) is 19.2 Å². The molecule has 0 aliphatic rings. The number of amides is 1. The van der Waals surface area contributed by atoms with Gasteiger partial charge in [-0.15, -0.1) is 0 Å². The van der Waals surface area contributed by atoms with Gasteiger partial charge in [-0.3, -0.25) is 0 Å². The van der Waals surface area contributed by atoms with Crippen LogP contribution in [0.25, 0.3) is 0 Å². The Balaban J connectivity index is 3.38. The Labute approximate surface area is 80.8 Å². The highest BCUT2D eigenvalue weighted by molar-refractivity contribution is 5.67. The molecule has 0 radical (unpaired) electrons. The average Bonchev–Trinajstić information content (AvgIpc) is 2.05. The zero-order chi connectivity index (χ0) is 10.1. The molecule has 13 heavy (non-hydrogen) atoms. The van der Waals surface area contributed by atoms with E-state index in [-0.39, 0.29) is 12.1 Å². The maximum absolute atomic E-state index is 11.1. The maximum Gasteiger partial charge on any atom is 0.407 e. The highest BCUT2D eigenvalue weighted by Crippen LogP contribution is 1.96. The van der Waals surface area contributed by atoms with Crippen LogP contribution in [0.1, 0.15) is 46.5 Å². The normalized spacial score (nSPS) is 12.2. The second-order valence-corrected chi connectivity index (χ2v) is 3.32. The van der Waals surface area contributed by atoms with Crippen molar-refractivity contribution in [3.63, 3.8) is 0 Å². The molecule has 1 atom stereocenters. The first-order valence-electron chi connectivity index (χ1n) is 5.14. The lowest BCUT2D eigenvalue weighted by Gasteiger charge is -2.12. The van der Waals surface area contributed by atoms with Crippen LogP contribution in [0.15, 0.2) is 0 Å². The van der Waals surface area contributed by atoms with Gasteiger partial charge in [0.25, 0.3) is 0 Å². The summed E-state index contributed by atoms with van der Waals surface area (Å²) in [5.74, 6) is 0. The lowest BCUT2D eigenvalue weighted by molar-refractivity contribution is 0.141. The lowest BCUT2D eigenvalue weighted by atomic mass is 10.2. The molecule has 3 nitrogen and oxygen atoms in total. The minimum atomic E-state index is -0.283. The summed E-state index contributed by atoms with van der Waals surface area (Å²) >= 11 is 0. The molecule has 1 unspecified atom stereocenters. The fourth-order valence-corrected chi connectivity index (χ4v) is 1.06. The van der Waals surface area contributed by atoms with Gasteiger partial charge in [0.2, 0.25) is 0 Å². The Hall–Kier alpha value is -0.730. The third-order valence-corrected chi connectivity index (χ3v) is 1.82. The minimum Gasteiger partial charge on any atom is -0.450 e. The smallest absolute Gasteiger partial charge is 0.407 e. The number of rotatable bonds is 6. The summed E-state index contributed by atoms with van der Waals surface area (Å²) in [6.45, 7) is 6.69. The lowest BCUT2D eigenvalue weighted by Crippen LogP contribution is -2.33. The quantitative estimate of drug-likeness (QED) is 0.649. The van der Waals surface area contributed by atoms with E-state index in [1.165, 1.54) is 0 Å². The van der Waals surface area contributed by atoms with Crippen LogP contribution in [-0.2, 0) is 4.74 Å². The Morgan fingerprint density at radius 3 is 2.62 bits per heavy atom. The number of unbranched alkanes of at least 4 members (excludes halogenated alkanes) is 1. The molecule has 0 aromatic rings. The Morgan fingerprint density at radius 1 is 1.38 bits per heavy atom. The number of alkyl carbamates (subject to hydrolysis) is 1. The van der Waals surface area contributed by atoms with Crippen LogP contribution in [0.2, 0.25) is 0 Å². The third-order valence-electron chi connectivity index (χ3n) is 1.82. The van der Waals surface area contributed by atoms with E-state index >= 15 is 0 Å². The summed E-state index contributed by atoms with van der Waals surface area (Å²) in [5, 5.41) is 2.78. The van der Waals surface area contributed by atoms with Gasteiger partial charge in [0.1, 0.15) is 0 Å². The summed E-state index contributed by atoms with van der Waals surface area (Å²) in [5.41, 5.74) is 0. The van der Waals surface area contributed by atoms with Gasteiger partial charge >= 0.3 is 6.09 Å². The molecule has 0 heterocycles. The predicted molar refractivity (Wildman–Crippen MR) is 53.8 cm³/mol. The first-order chi connectivity index (χ1) is 6.20. The molecule has 1 N–H and O–H groups in total. The van der Waals surface area contributed by atoms with Crippen molar-refractivity contribution in [2.45, 2.75) is 52.5 Å². The number of hydrogen-bond acceptors (Lipinski definition) is 2. The van der Waals surface area contributed by atoms with E-state index in [0.29, 0.717) is 6.61 Å². The van der Waals surface area contributed by atoms with Crippen molar-refractivity contribution >= 4 is 6.09 Å². The summed E-state index contributed by atoms with van der Waals surface area (Å²) in [7, 11) is 0. The van der Waals surface area contributed by atoms with Crippen molar-refractivity contribution < 1.29 is 9.53 Å². The SMILES string of the molecule is CCCCOC(=O)NC(C)CCC. The van der Waals surface area contributed by atoms with E-state index in [9.17, 15) is 4.79 Å². The predicted octanol–water partition coefficient (Wildman–Crippen LogP) is 2.70. The number of nitrogens with one attached hydrogen (secondary N) is 1. The molecule has 0 aromatic heterocycles. The molecule has 0 bridgehead atoms. The molecule has 0 aromatic carbocycles. The summed E-state index contributed by atoms with van der Waals surface area (Å²) in [4.78, 5) is 11.1. The second kappa shape index (κ2) is 7.90. The molecule has 0 aliphatic heterocycles. The maximum atomic E-state index is 11.1. The van der Waals surface area contributed by atoms with Crippen LogP contribution in [0.4, 0.5) is 4.79 Å². The Bertz CT molecular complexity index is 137. The fourth-order valence-electron chi connectivity index (χ4n) is 1.06. The van der Waals surface area contributed by atoms with E-state index in [0.717, 1.165) is 25.7 Å². The Kier molecular flexibility index (Phi) is 7.45. The molecular weight excluding hydrogens is 166 g/mol. The summed E-state index contributed by atoms with van der Waals surface area (Å²) < 4.78 is 4.95. The molecule has 3 heteroatoms. The zero-order valence-corrected chi connectivity index (χ0v) is 8.93. The molecule has 0 spiro atoms. The molecule has 1 amide bonds. The second-order valence-electron chi connectivity index (χ2n) is 3.32. The van der Waals surface area contributed by atoms with Gasteiger partial charge in [-0.25, -0.2) is 4.79 Å². The van der Waals surface area contributed by atoms with Gasteiger partial charge < -0.3 is 10.1 Å². The summed E-state index contributed by atoms with van der Waals surface area (Å²) in [6, 6.07) is 0.221. The van der Waals surface area contributed by atoms with Crippen molar-refractivity contribution in [2.24, 2.45) is 0 Å². The van der Waals surface area contributed by atoms with Crippen LogP contribution >= 0.6 is 0 Å². The molecule has 0 fully saturated rings. The van der Waals surface area contributed by atoms with Crippen LogP contribution in [0.5, 0.6) is 0 Å². The summed E-state index contributed by atoms with van der Waals surface area (Å²) in [6.07, 6.45) is 3.79. The van der Waals surface area contributed by atoms with Gasteiger partial charge in [0.05, 0.1) is 6.61 Å². The van der Waals surface area contributed by atoms with Crippen molar-refractivity contribution in [1.29, 1.82) is 0 Å². The number of carbonyl (C=O) groups is 1. The minimum absolute atomic E-state index is 0.221. The molecule has 0 rings (SSSR count). The monoisotopic (exact) mass is 187 g/mol. The zero-order valence-electron chi connectivity index (χ0n) is 8.93. The molecule has 78 valence electrons. The van der Waals surface area contributed by atoms with Crippen molar-refractivity contribution in [3.05, 3.63) is 0 Å². The van der Waals surface area contributed by atoms with Crippen LogP contribution in [0, 0.1) is 0 Å². The number of ether oxygens (including phenoxy) is 1. The molecular formula is C10H21NO2. The van der Waals surface area contributed by atoms with Crippen molar-refractivity contribution in [2.75, 3.05) is 6.61 Å². The van der Waals surface area contributed by atoms with Crippen LogP contribution in [-0.4, -0.2) is 18.7 Å². The topological polar surface area (TPSA) is 38.3 Å². The van der Waals surface area contributed by atoms with E-state index in [1.54, 1.807) is 0 Å². The van der Waals surface area contributed by atoms with Gasteiger partial charge in [0, 0.05) is 6.04 Å². The highest BCUT2D eigenvalue weighted by Gasteiger charge is 2.05. The fraction of sp³-hybridized carbons (Fsp3) is 0.900. The van der Waals surface area contributed by atoms with E-state index < -0.39 is 0 Å². The van der Waals surface area contributed by atoms with E-state index in [1.807, 2.05) is 6.92 Å². The first kappa shape index (κ1) is 12.3. The van der Waals surface area contributed by atoms with E-state index in [4.69, 9.17) is 4.74 Å². The first-order valence-corrected chi connectivity index (χ1v) is 5.14. The number of carbonyl (C=O) groups excluding carboxylic acids is 1. The van der Waals surface area contributed by atoms with Crippen LogP contribution < -0.4 is 5.32 Å². The third kappa shape index (κ3) is 7.62. The number of hydrogen-bond donors (Lipinski definition) is 1. The van der Waals surface area contributed by atoms with Crippen molar-refractivity contribution in [3.8, 4) is 0 Å². The Morgan fingerprint density at radius 2 is 2.08 bits per heavy atom. The van der Waals surface area contributed by atoms with Gasteiger partial charge in [-0.1, -0.05) is 26.7 Å². The van der Waals surface area contributed by atoms with Crippen LogP contribution in [0.3, 0.4) is 0 Å². The van der Waals surface area contributed by atoms with Gasteiger partial charge in [0.15, 0.2) is 0 Å². The average molecular weight is 187 g/mol. The van der Waals surface area contributed by atoms with Gasteiger partial charge in [-0.05, 0) is 19.8 Å². The van der Waals surface area contributed by atoms with Crippen molar-refractivity contribution in [1.82, 2.24) is 5.32 Å². The standard InChI is InChI=1S/C10H21NO2/c1-4-6-8-13-10(12)11-9(3)7-5-2/h9H,4-8H2,1-3H3,(H,11,12). The molecule has 0 saturated heterocycles. The highest BCUT2D eigenvalue weighted by atomic mass is 16.5.